The van der Waals surface area contributed by atoms with E-state index in [1.165, 1.54) is 0 Å². The number of hydrogen-bond acceptors (Lipinski definition) is 3. The van der Waals surface area contributed by atoms with Gasteiger partial charge >= 0.3 is 0 Å². The molecule has 0 aliphatic rings. The molecular formula is C10H11NO2. The number of rotatable bonds is 3. The maximum Gasteiger partial charge on any atom is 0.174 e. The Morgan fingerprint density at radius 3 is 3.00 bits per heavy atom. The van der Waals surface area contributed by atoms with Gasteiger partial charge in [-0.3, -0.25) is 0 Å². The average molecular weight is 177 g/mol. The van der Waals surface area contributed by atoms with Crippen LogP contribution < -0.4 is 4.74 Å². The first-order chi connectivity index (χ1) is 6.22. The fourth-order valence-corrected chi connectivity index (χ4v) is 0.918. The van der Waals surface area contributed by atoms with Gasteiger partial charge in [-0.05, 0) is 24.6 Å². The highest BCUT2D eigenvalue weighted by molar-refractivity contribution is 5.27. The van der Waals surface area contributed by atoms with Gasteiger partial charge in [-0.1, -0.05) is 12.1 Å². The van der Waals surface area contributed by atoms with Crippen molar-refractivity contribution in [1.82, 2.24) is 0 Å². The first-order valence-electron chi connectivity index (χ1n) is 3.99. The van der Waals surface area contributed by atoms with Crippen LogP contribution in [0.5, 0.6) is 5.75 Å². The Balaban J connectivity index is 2.51. The zero-order valence-electron chi connectivity index (χ0n) is 7.40. The molecule has 0 aromatic heterocycles. The highest BCUT2D eigenvalue weighted by Crippen LogP contribution is 2.12. The van der Waals surface area contributed by atoms with E-state index >= 15 is 0 Å². The van der Waals surface area contributed by atoms with E-state index in [0.29, 0.717) is 5.75 Å². The zero-order valence-corrected chi connectivity index (χ0v) is 7.40. The van der Waals surface area contributed by atoms with Crippen molar-refractivity contribution < 1.29 is 9.84 Å². The van der Waals surface area contributed by atoms with Gasteiger partial charge in [-0.2, -0.15) is 5.26 Å². The maximum absolute atomic E-state index is 8.90. The SMILES string of the molecule is Cc1cccc(OC[C@@H](O)C#N)c1. The normalized spacial score (nSPS) is 11.8. The summed E-state index contributed by atoms with van der Waals surface area (Å²) in [5, 5.41) is 17.2. The fraction of sp³-hybridized carbons (Fsp3) is 0.300. The van der Waals surface area contributed by atoms with Crippen LogP contribution in [-0.4, -0.2) is 17.8 Å². The highest BCUT2D eigenvalue weighted by Gasteiger charge is 2.01. The van der Waals surface area contributed by atoms with Crippen LogP contribution in [0.1, 0.15) is 5.56 Å². The summed E-state index contributed by atoms with van der Waals surface area (Å²) in [6.45, 7) is 1.97. The number of ether oxygens (including phenoxy) is 1. The molecule has 3 nitrogen and oxygen atoms in total. The number of aryl methyl sites for hydroxylation is 1. The van der Waals surface area contributed by atoms with Crippen molar-refractivity contribution in [2.75, 3.05) is 6.61 Å². The molecule has 0 amide bonds. The Morgan fingerprint density at radius 1 is 1.62 bits per heavy atom. The van der Waals surface area contributed by atoms with E-state index in [1.54, 1.807) is 12.1 Å². The quantitative estimate of drug-likeness (QED) is 0.707. The van der Waals surface area contributed by atoms with E-state index < -0.39 is 6.10 Å². The summed E-state index contributed by atoms with van der Waals surface area (Å²) in [4.78, 5) is 0. The molecule has 0 aliphatic carbocycles. The number of nitrogens with zero attached hydrogens (tertiary/aromatic N) is 1. The predicted octanol–water partition coefficient (Wildman–Crippen LogP) is 1.26. The van der Waals surface area contributed by atoms with Gasteiger partial charge in [0.05, 0.1) is 6.07 Å². The zero-order chi connectivity index (χ0) is 9.68. The van der Waals surface area contributed by atoms with Crippen LogP contribution in [0.4, 0.5) is 0 Å². The van der Waals surface area contributed by atoms with Crippen LogP contribution in [0.15, 0.2) is 24.3 Å². The third-order valence-electron chi connectivity index (χ3n) is 1.55. The van der Waals surface area contributed by atoms with Crippen LogP contribution in [0, 0.1) is 18.3 Å². The number of aliphatic hydroxyl groups is 1. The second-order valence-corrected chi connectivity index (χ2v) is 2.77. The Hall–Kier alpha value is -1.53. The third-order valence-corrected chi connectivity index (χ3v) is 1.55. The Morgan fingerprint density at radius 2 is 2.38 bits per heavy atom. The molecule has 1 aromatic carbocycles. The number of hydrogen-bond donors (Lipinski definition) is 1. The molecule has 0 saturated heterocycles. The minimum absolute atomic E-state index is 0.0138. The van der Waals surface area contributed by atoms with Gasteiger partial charge in [0.2, 0.25) is 0 Å². The van der Waals surface area contributed by atoms with Crippen molar-refractivity contribution in [1.29, 1.82) is 5.26 Å². The van der Waals surface area contributed by atoms with Crippen LogP contribution in [0.2, 0.25) is 0 Å². The van der Waals surface area contributed by atoms with Gasteiger partial charge < -0.3 is 9.84 Å². The molecule has 13 heavy (non-hydrogen) atoms. The average Bonchev–Trinajstić information content (AvgIpc) is 2.14. The van der Waals surface area contributed by atoms with Crippen molar-refractivity contribution in [2.45, 2.75) is 13.0 Å². The smallest absolute Gasteiger partial charge is 0.174 e. The van der Waals surface area contributed by atoms with Gasteiger partial charge in [0.25, 0.3) is 0 Å². The summed E-state index contributed by atoms with van der Waals surface area (Å²) in [7, 11) is 0. The summed E-state index contributed by atoms with van der Waals surface area (Å²) in [5.41, 5.74) is 1.09. The minimum atomic E-state index is -1.06. The molecular weight excluding hydrogens is 166 g/mol. The summed E-state index contributed by atoms with van der Waals surface area (Å²) in [6.07, 6.45) is -1.06. The molecule has 0 bridgehead atoms. The third kappa shape index (κ3) is 3.14. The van der Waals surface area contributed by atoms with Gasteiger partial charge in [-0.15, -0.1) is 0 Å². The summed E-state index contributed by atoms with van der Waals surface area (Å²) >= 11 is 0. The lowest BCUT2D eigenvalue weighted by atomic mass is 10.2. The van der Waals surface area contributed by atoms with Crippen LogP contribution in [0.3, 0.4) is 0 Å². The predicted molar refractivity (Wildman–Crippen MR) is 48.3 cm³/mol. The second-order valence-electron chi connectivity index (χ2n) is 2.77. The van der Waals surface area contributed by atoms with Crippen molar-refractivity contribution in [3.63, 3.8) is 0 Å². The molecule has 1 atom stereocenters. The molecule has 1 aromatic rings. The van der Waals surface area contributed by atoms with Crippen molar-refractivity contribution in [3.05, 3.63) is 29.8 Å². The van der Waals surface area contributed by atoms with Gasteiger partial charge in [-0.25, -0.2) is 0 Å². The van der Waals surface area contributed by atoms with Gasteiger partial charge in [0.1, 0.15) is 12.4 Å². The lowest BCUT2D eigenvalue weighted by molar-refractivity contribution is 0.150. The van der Waals surface area contributed by atoms with Gasteiger partial charge in [0.15, 0.2) is 6.10 Å². The molecule has 0 spiro atoms. The van der Waals surface area contributed by atoms with E-state index in [-0.39, 0.29) is 6.61 Å². The topological polar surface area (TPSA) is 53.2 Å². The summed E-state index contributed by atoms with van der Waals surface area (Å²) < 4.78 is 5.17. The van der Waals surface area contributed by atoms with Crippen LogP contribution in [0.25, 0.3) is 0 Å². The lowest BCUT2D eigenvalue weighted by Crippen LogP contribution is -2.14. The molecule has 68 valence electrons. The van der Waals surface area contributed by atoms with E-state index in [0.717, 1.165) is 5.56 Å². The minimum Gasteiger partial charge on any atom is -0.490 e. The Kier molecular flexibility index (Phi) is 3.30. The van der Waals surface area contributed by atoms with Crippen molar-refractivity contribution in [2.24, 2.45) is 0 Å². The molecule has 0 unspecified atom stereocenters. The largest absolute Gasteiger partial charge is 0.490 e. The molecule has 0 heterocycles. The number of benzene rings is 1. The Labute approximate surface area is 77.2 Å². The van der Waals surface area contributed by atoms with Crippen molar-refractivity contribution >= 4 is 0 Å². The van der Waals surface area contributed by atoms with Crippen LogP contribution in [-0.2, 0) is 0 Å². The monoisotopic (exact) mass is 177 g/mol. The molecule has 3 heteroatoms. The molecule has 0 fully saturated rings. The first-order valence-corrected chi connectivity index (χ1v) is 3.99. The summed E-state index contributed by atoms with van der Waals surface area (Å²) in [6, 6.07) is 9.14. The Bertz CT molecular complexity index is 317. The molecule has 1 N–H and O–H groups in total. The van der Waals surface area contributed by atoms with E-state index in [4.69, 9.17) is 15.1 Å². The van der Waals surface area contributed by atoms with Gasteiger partial charge in [0, 0.05) is 0 Å². The molecule has 1 rings (SSSR count). The van der Waals surface area contributed by atoms with E-state index in [2.05, 4.69) is 0 Å². The first kappa shape index (κ1) is 9.56. The van der Waals surface area contributed by atoms with Crippen LogP contribution >= 0.6 is 0 Å². The molecule has 0 radical (unpaired) electrons. The van der Waals surface area contributed by atoms with Crippen molar-refractivity contribution in [3.8, 4) is 11.8 Å². The van der Waals surface area contributed by atoms with E-state index in [9.17, 15) is 0 Å². The highest BCUT2D eigenvalue weighted by atomic mass is 16.5. The second kappa shape index (κ2) is 4.48. The molecule has 0 saturated carbocycles. The molecule has 0 aliphatic heterocycles. The standard InChI is InChI=1S/C10H11NO2/c1-8-3-2-4-10(5-8)13-7-9(12)6-11/h2-5,9,12H,7H2,1H3/t9-/m0/s1. The lowest BCUT2D eigenvalue weighted by Gasteiger charge is -2.06. The number of nitriles is 1. The summed E-state index contributed by atoms with van der Waals surface area (Å²) in [5.74, 6) is 0.675. The maximum atomic E-state index is 8.90. The fourth-order valence-electron chi connectivity index (χ4n) is 0.918. The van der Waals surface area contributed by atoms with E-state index in [1.807, 2.05) is 25.1 Å². The number of aliphatic hydroxyl groups excluding tert-OH is 1.